The van der Waals surface area contributed by atoms with Crippen molar-refractivity contribution in [2.45, 2.75) is 18.4 Å². The molecule has 2 aromatic rings. The third-order valence-electron chi connectivity index (χ3n) is 3.94. The summed E-state index contributed by atoms with van der Waals surface area (Å²) >= 11 is 0. The van der Waals surface area contributed by atoms with E-state index in [-0.39, 0.29) is 16.4 Å². The first-order valence-electron chi connectivity index (χ1n) is 8.23. The van der Waals surface area contributed by atoms with Crippen molar-refractivity contribution in [2.75, 3.05) is 20.7 Å². The van der Waals surface area contributed by atoms with Gasteiger partial charge in [-0.1, -0.05) is 35.9 Å². The molecule has 0 aliphatic rings. The maximum Gasteiger partial charge on any atom is 0.338 e. The van der Waals surface area contributed by atoms with E-state index in [1.165, 1.54) is 36.2 Å². The van der Waals surface area contributed by atoms with Crippen molar-refractivity contribution in [3.05, 3.63) is 65.2 Å². The van der Waals surface area contributed by atoms with Gasteiger partial charge in [-0.25, -0.2) is 17.9 Å². The number of nitrogens with one attached hydrogen (secondary N) is 1. The minimum atomic E-state index is -3.67. The summed E-state index contributed by atoms with van der Waals surface area (Å²) in [6, 6.07) is 13.2. The number of ether oxygens (including phenoxy) is 1. The highest BCUT2D eigenvalue weighted by Crippen LogP contribution is 2.12. The van der Waals surface area contributed by atoms with Gasteiger partial charge in [0.2, 0.25) is 10.0 Å². The molecule has 0 aliphatic heterocycles. The normalized spacial score (nSPS) is 11.1. The fourth-order valence-electron chi connectivity index (χ4n) is 2.28. The summed E-state index contributed by atoms with van der Waals surface area (Å²) in [7, 11) is -0.768. The molecule has 0 unspecified atom stereocenters. The van der Waals surface area contributed by atoms with Crippen LogP contribution in [0.15, 0.2) is 53.4 Å². The highest BCUT2D eigenvalue weighted by atomic mass is 32.2. The fourth-order valence-corrected chi connectivity index (χ4v) is 3.06. The SMILES string of the molecule is CNS(=O)(=O)c1cccc(C(=O)OCC(=O)N(C)Cc2ccc(C)cc2)c1. The molecule has 0 saturated heterocycles. The Kier molecular flexibility index (Phi) is 6.70. The number of carbonyl (C=O) groups is 2. The van der Waals surface area contributed by atoms with Gasteiger partial charge in [0.05, 0.1) is 10.5 Å². The van der Waals surface area contributed by atoms with E-state index in [1.807, 2.05) is 31.2 Å². The zero-order valence-corrected chi connectivity index (χ0v) is 16.2. The summed E-state index contributed by atoms with van der Waals surface area (Å²) in [6.07, 6.45) is 0. The van der Waals surface area contributed by atoms with Crippen LogP contribution in [-0.2, 0) is 26.1 Å². The Labute approximate surface area is 159 Å². The predicted molar refractivity (Wildman–Crippen MR) is 101 cm³/mol. The van der Waals surface area contributed by atoms with Crippen LogP contribution in [-0.4, -0.2) is 45.9 Å². The number of esters is 1. The molecular formula is C19H22N2O5S. The number of hydrogen-bond donors (Lipinski definition) is 1. The maximum absolute atomic E-state index is 12.2. The monoisotopic (exact) mass is 390 g/mol. The van der Waals surface area contributed by atoms with Crippen LogP contribution < -0.4 is 4.72 Å². The van der Waals surface area contributed by atoms with Gasteiger partial charge in [-0.3, -0.25) is 4.79 Å². The molecule has 0 aliphatic carbocycles. The smallest absolute Gasteiger partial charge is 0.338 e. The Hall–Kier alpha value is -2.71. The van der Waals surface area contributed by atoms with Crippen LogP contribution >= 0.6 is 0 Å². The second-order valence-corrected chi connectivity index (χ2v) is 7.93. The van der Waals surface area contributed by atoms with Gasteiger partial charge in [0, 0.05) is 13.6 Å². The number of nitrogens with zero attached hydrogens (tertiary/aromatic N) is 1. The average Bonchev–Trinajstić information content (AvgIpc) is 2.67. The first kappa shape index (κ1) is 20.6. The molecule has 1 N–H and O–H groups in total. The van der Waals surface area contributed by atoms with Crippen molar-refractivity contribution in [2.24, 2.45) is 0 Å². The van der Waals surface area contributed by atoms with E-state index in [9.17, 15) is 18.0 Å². The lowest BCUT2D eigenvalue weighted by atomic mass is 10.1. The molecular weight excluding hydrogens is 368 g/mol. The van der Waals surface area contributed by atoms with Crippen LogP contribution in [0.3, 0.4) is 0 Å². The molecule has 7 nitrogen and oxygen atoms in total. The summed E-state index contributed by atoms with van der Waals surface area (Å²) in [5.41, 5.74) is 2.15. The van der Waals surface area contributed by atoms with Crippen LogP contribution in [0.5, 0.6) is 0 Å². The van der Waals surface area contributed by atoms with Crippen LogP contribution in [0.2, 0.25) is 0 Å². The van der Waals surface area contributed by atoms with Gasteiger partial charge in [-0.05, 0) is 37.7 Å². The highest BCUT2D eigenvalue weighted by Gasteiger charge is 2.17. The van der Waals surface area contributed by atoms with Crippen LogP contribution in [0, 0.1) is 6.92 Å². The molecule has 0 heterocycles. The van der Waals surface area contributed by atoms with E-state index >= 15 is 0 Å². The summed E-state index contributed by atoms with van der Waals surface area (Å²) in [6.45, 7) is 1.95. The third kappa shape index (κ3) is 5.63. The first-order valence-corrected chi connectivity index (χ1v) is 9.71. The quantitative estimate of drug-likeness (QED) is 0.727. The van der Waals surface area contributed by atoms with Gasteiger partial charge >= 0.3 is 5.97 Å². The van der Waals surface area contributed by atoms with Crippen molar-refractivity contribution in [3.8, 4) is 0 Å². The minimum absolute atomic E-state index is 0.0535. The van der Waals surface area contributed by atoms with Gasteiger partial charge < -0.3 is 9.64 Å². The number of sulfonamides is 1. The fraction of sp³-hybridized carbons (Fsp3) is 0.263. The molecule has 144 valence electrons. The van der Waals surface area contributed by atoms with Gasteiger partial charge in [0.15, 0.2) is 6.61 Å². The largest absolute Gasteiger partial charge is 0.452 e. The van der Waals surface area contributed by atoms with Gasteiger partial charge in [0.1, 0.15) is 0 Å². The molecule has 8 heteroatoms. The number of carbonyl (C=O) groups excluding carboxylic acids is 2. The Balaban J connectivity index is 1.95. The third-order valence-corrected chi connectivity index (χ3v) is 5.35. The molecule has 1 amide bonds. The lowest BCUT2D eigenvalue weighted by molar-refractivity contribution is -0.133. The zero-order valence-electron chi connectivity index (χ0n) is 15.4. The molecule has 0 fully saturated rings. The summed E-state index contributed by atoms with van der Waals surface area (Å²) in [4.78, 5) is 25.7. The summed E-state index contributed by atoms with van der Waals surface area (Å²) in [5.74, 6) is -1.12. The molecule has 0 spiro atoms. The number of aryl methyl sites for hydroxylation is 1. The lowest BCUT2D eigenvalue weighted by Crippen LogP contribution is -2.30. The molecule has 0 atom stereocenters. The number of likely N-dealkylation sites (N-methyl/N-ethyl adjacent to an activating group) is 1. The highest BCUT2D eigenvalue weighted by molar-refractivity contribution is 7.89. The lowest BCUT2D eigenvalue weighted by Gasteiger charge is -2.17. The van der Waals surface area contributed by atoms with Crippen molar-refractivity contribution in [1.29, 1.82) is 0 Å². The molecule has 2 aromatic carbocycles. The van der Waals surface area contributed by atoms with Crippen molar-refractivity contribution >= 4 is 21.9 Å². The summed E-state index contributed by atoms with van der Waals surface area (Å²) < 4.78 is 30.8. The predicted octanol–water partition coefficient (Wildman–Crippen LogP) is 1.72. The van der Waals surface area contributed by atoms with Crippen LogP contribution in [0.25, 0.3) is 0 Å². The number of amides is 1. The second-order valence-electron chi connectivity index (χ2n) is 6.05. The first-order chi connectivity index (χ1) is 12.7. The van der Waals surface area contributed by atoms with E-state index in [1.54, 1.807) is 7.05 Å². The molecule has 2 rings (SSSR count). The molecule has 0 saturated carbocycles. The van der Waals surface area contributed by atoms with Gasteiger partial charge in [-0.15, -0.1) is 0 Å². The Bertz CT molecular complexity index is 923. The Morgan fingerprint density at radius 2 is 1.78 bits per heavy atom. The number of rotatable bonds is 7. The number of benzene rings is 2. The van der Waals surface area contributed by atoms with E-state index in [4.69, 9.17) is 4.74 Å². The second kappa shape index (κ2) is 8.79. The molecule has 27 heavy (non-hydrogen) atoms. The minimum Gasteiger partial charge on any atom is -0.452 e. The van der Waals surface area contributed by atoms with Gasteiger partial charge in [0.25, 0.3) is 5.91 Å². The van der Waals surface area contributed by atoms with E-state index in [0.29, 0.717) is 6.54 Å². The molecule has 0 radical (unpaired) electrons. The van der Waals surface area contributed by atoms with E-state index in [2.05, 4.69) is 4.72 Å². The Morgan fingerprint density at radius 1 is 1.11 bits per heavy atom. The zero-order chi connectivity index (χ0) is 20.0. The van der Waals surface area contributed by atoms with Crippen LogP contribution in [0.4, 0.5) is 0 Å². The molecule has 0 aromatic heterocycles. The van der Waals surface area contributed by atoms with Crippen molar-refractivity contribution in [1.82, 2.24) is 9.62 Å². The summed E-state index contributed by atoms with van der Waals surface area (Å²) in [5, 5.41) is 0. The standard InChI is InChI=1S/C19H22N2O5S/c1-14-7-9-15(10-8-14)12-21(3)18(22)13-26-19(23)16-5-4-6-17(11-16)27(24,25)20-2/h4-11,20H,12-13H2,1-3H3. The van der Waals surface area contributed by atoms with E-state index < -0.39 is 22.6 Å². The van der Waals surface area contributed by atoms with Crippen LogP contribution in [0.1, 0.15) is 21.5 Å². The number of hydrogen-bond acceptors (Lipinski definition) is 5. The van der Waals surface area contributed by atoms with E-state index in [0.717, 1.165) is 11.1 Å². The average molecular weight is 390 g/mol. The molecule has 0 bridgehead atoms. The topological polar surface area (TPSA) is 92.8 Å². The Morgan fingerprint density at radius 3 is 2.41 bits per heavy atom. The van der Waals surface area contributed by atoms with Gasteiger partial charge in [-0.2, -0.15) is 0 Å². The van der Waals surface area contributed by atoms with Crippen molar-refractivity contribution < 1.29 is 22.7 Å². The maximum atomic E-state index is 12.2. The van der Waals surface area contributed by atoms with Crippen molar-refractivity contribution in [3.63, 3.8) is 0 Å².